The average Bonchev–Trinajstić information content (AvgIpc) is 2.29. The van der Waals surface area contributed by atoms with Crippen LogP contribution in [0.1, 0.15) is 50.8 Å². The van der Waals surface area contributed by atoms with Crippen LogP contribution in [0.4, 0.5) is 0 Å². The number of aromatic nitrogens is 3. The van der Waals surface area contributed by atoms with Crippen molar-refractivity contribution in [3.8, 4) is 0 Å². The predicted octanol–water partition coefficient (Wildman–Crippen LogP) is 1.09. The van der Waals surface area contributed by atoms with Gasteiger partial charge in [0.1, 0.15) is 5.69 Å². The summed E-state index contributed by atoms with van der Waals surface area (Å²) in [6.07, 6.45) is 5.59. The van der Waals surface area contributed by atoms with Crippen molar-refractivity contribution in [2.75, 3.05) is 0 Å². The van der Waals surface area contributed by atoms with Gasteiger partial charge in [-0.05, 0) is 12.8 Å². The first-order valence-corrected chi connectivity index (χ1v) is 5.91. The minimum absolute atomic E-state index is 0.222. The Hall–Kier alpha value is -1.39. The third kappa shape index (κ3) is 3.05. The number of nitrogens with zero attached hydrogens (tertiary/aromatic N) is 2. The Morgan fingerprint density at radius 1 is 1.31 bits per heavy atom. The van der Waals surface area contributed by atoms with Gasteiger partial charge in [0.2, 0.25) is 0 Å². The van der Waals surface area contributed by atoms with Crippen LogP contribution in [0, 0.1) is 5.21 Å². The summed E-state index contributed by atoms with van der Waals surface area (Å²) in [6.45, 7) is 4.00. The van der Waals surface area contributed by atoms with E-state index in [4.69, 9.17) is 0 Å². The van der Waals surface area contributed by atoms with Crippen molar-refractivity contribution >= 4 is 0 Å². The van der Waals surface area contributed by atoms with E-state index in [-0.39, 0.29) is 5.56 Å². The highest BCUT2D eigenvalue weighted by Gasteiger charge is 2.13. The molecule has 0 amide bonds. The van der Waals surface area contributed by atoms with Crippen molar-refractivity contribution in [2.45, 2.75) is 52.4 Å². The van der Waals surface area contributed by atoms with Gasteiger partial charge >= 0.3 is 5.56 Å². The molecule has 0 aromatic carbocycles. The summed E-state index contributed by atoms with van der Waals surface area (Å²) >= 11 is 0. The molecule has 0 bridgehead atoms. The quantitative estimate of drug-likeness (QED) is 0.447. The van der Waals surface area contributed by atoms with Crippen molar-refractivity contribution in [3.63, 3.8) is 0 Å². The predicted molar refractivity (Wildman–Crippen MR) is 61.0 cm³/mol. The number of rotatable bonds is 6. The van der Waals surface area contributed by atoms with Gasteiger partial charge in [0, 0.05) is 6.42 Å². The number of nitrogens with one attached hydrogen (secondary N) is 1. The van der Waals surface area contributed by atoms with Gasteiger partial charge in [-0.2, -0.15) is 0 Å². The van der Waals surface area contributed by atoms with E-state index in [2.05, 4.69) is 17.2 Å². The van der Waals surface area contributed by atoms with Gasteiger partial charge in [0.15, 0.2) is 0 Å². The SMILES string of the molecule is CCCCCCc1c(CC)[n+]([O-])n[nH]c1=O. The second-order valence-corrected chi connectivity index (χ2v) is 3.90. The first-order chi connectivity index (χ1) is 7.70. The van der Waals surface area contributed by atoms with Crippen LogP contribution in [0.2, 0.25) is 0 Å². The molecule has 1 rings (SSSR count). The van der Waals surface area contributed by atoms with Crippen LogP contribution in [0.5, 0.6) is 0 Å². The van der Waals surface area contributed by atoms with Crippen LogP contribution in [0.3, 0.4) is 0 Å². The molecule has 1 heterocycles. The lowest BCUT2D eigenvalue weighted by Gasteiger charge is -2.07. The summed E-state index contributed by atoms with van der Waals surface area (Å²) in [5.41, 5.74) is 0.879. The Bertz CT molecular complexity index is 387. The van der Waals surface area contributed by atoms with Gasteiger partial charge in [-0.3, -0.25) is 0 Å². The fourth-order valence-corrected chi connectivity index (χ4v) is 1.80. The van der Waals surface area contributed by atoms with E-state index in [1.54, 1.807) is 0 Å². The van der Waals surface area contributed by atoms with E-state index >= 15 is 0 Å². The van der Waals surface area contributed by atoms with Crippen molar-refractivity contribution in [1.29, 1.82) is 0 Å². The molecule has 0 aliphatic heterocycles. The Morgan fingerprint density at radius 2 is 2.06 bits per heavy atom. The average molecular weight is 225 g/mol. The third-order valence-corrected chi connectivity index (χ3v) is 2.71. The summed E-state index contributed by atoms with van der Waals surface area (Å²) in [5, 5.41) is 17.0. The molecule has 0 spiro atoms. The maximum absolute atomic E-state index is 11.5. The van der Waals surface area contributed by atoms with Crippen LogP contribution in [0.15, 0.2) is 4.79 Å². The van der Waals surface area contributed by atoms with Crippen molar-refractivity contribution < 1.29 is 4.85 Å². The monoisotopic (exact) mass is 225 g/mol. The highest BCUT2D eigenvalue weighted by Crippen LogP contribution is 2.06. The normalized spacial score (nSPS) is 10.6. The summed E-state index contributed by atoms with van der Waals surface area (Å²) < 4.78 is 0. The molecule has 0 aliphatic carbocycles. The van der Waals surface area contributed by atoms with Crippen LogP contribution < -0.4 is 10.4 Å². The number of aromatic amines is 1. The van der Waals surface area contributed by atoms with Crippen molar-refractivity contribution in [2.24, 2.45) is 0 Å². The first-order valence-electron chi connectivity index (χ1n) is 5.91. The smallest absolute Gasteiger partial charge is 0.358 e. The maximum Gasteiger partial charge on any atom is 0.358 e. The molecule has 1 N–H and O–H groups in total. The van der Waals surface area contributed by atoms with Crippen LogP contribution in [-0.4, -0.2) is 10.3 Å². The maximum atomic E-state index is 11.5. The van der Waals surface area contributed by atoms with E-state index in [9.17, 15) is 10.0 Å². The van der Waals surface area contributed by atoms with Gasteiger partial charge in [0.05, 0.1) is 10.8 Å². The molecule has 0 saturated heterocycles. The third-order valence-electron chi connectivity index (χ3n) is 2.71. The molecule has 16 heavy (non-hydrogen) atoms. The van der Waals surface area contributed by atoms with Gasteiger partial charge in [-0.25, -0.2) is 4.79 Å². The van der Waals surface area contributed by atoms with E-state index in [1.165, 1.54) is 6.42 Å². The number of H-pyrrole nitrogens is 1. The molecular formula is C11H19N3O2. The molecule has 0 atom stereocenters. The summed E-state index contributed by atoms with van der Waals surface area (Å²) in [7, 11) is 0. The Balaban J connectivity index is 2.77. The lowest BCUT2D eigenvalue weighted by atomic mass is 10.1. The van der Waals surface area contributed by atoms with E-state index in [1.807, 2.05) is 6.92 Å². The number of unbranched alkanes of at least 4 members (excludes halogenated alkanes) is 3. The minimum atomic E-state index is -0.222. The molecule has 0 radical (unpaired) electrons. The zero-order valence-corrected chi connectivity index (χ0v) is 9.95. The molecule has 0 aliphatic rings. The highest BCUT2D eigenvalue weighted by molar-refractivity contribution is 5.11. The van der Waals surface area contributed by atoms with E-state index < -0.39 is 0 Å². The molecule has 0 unspecified atom stereocenters. The number of hydrogen-bond acceptors (Lipinski definition) is 3. The summed E-state index contributed by atoms with van der Waals surface area (Å²) in [6, 6.07) is 0. The molecule has 5 nitrogen and oxygen atoms in total. The van der Waals surface area contributed by atoms with E-state index in [0.29, 0.717) is 28.9 Å². The molecule has 0 saturated carbocycles. The van der Waals surface area contributed by atoms with Gasteiger partial charge < -0.3 is 5.21 Å². The van der Waals surface area contributed by atoms with Crippen LogP contribution in [0.25, 0.3) is 0 Å². The highest BCUT2D eigenvalue weighted by atomic mass is 16.5. The lowest BCUT2D eigenvalue weighted by Crippen LogP contribution is -2.42. The summed E-state index contributed by atoms with van der Waals surface area (Å²) in [5.74, 6) is 0. The van der Waals surface area contributed by atoms with Crippen molar-refractivity contribution in [1.82, 2.24) is 10.3 Å². The molecule has 1 aromatic heterocycles. The van der Waals surface area contributed by atoms with Gasteiger partial charge in [0.25, 0.3) is 0 Å². The van der Waals surface area contributed by atoms with Gasteiger partial charge in [-0.15, -0.1) is 9.94 Å². The summed E-state index contributed by atoms with van der Waals surface area (Å²) in [4.78, 5) is 12.1. The molecule has 1 aromatic rings. The van der Waals surface area contributed by atoms with Crippen LogP contribution >= 0.6 is 0 Å². The molecular weight excluding hydrogens is 206 g/mol. The molecule has 0 fully saturated rings. The first kappa shape index (κ1) is 12.7. The molecule has 90 valence electrons. The minimum Gasteiger partial charge on any atom is -0.691 e. The zero-order chi connectivity index (χ0) is 12.0. The zero-order valence-electron chi connectivity index (χ0n) is 9.95. The second-order valence-electron chi connectivity index (χ2n) is 3.90. The van der Waals surface area contributed by atoms with E-state index in [0.717, 1.165) is 19.3 Å². The van der Waals surface area contributed by atoms with Crippen LogP contribution in [-0.2, 0) is 12.8 Å². The number of hydrogen-bond donors (Lipinski definition) is 1. The largest absolute Gasteiger partial charge is 0.691 e. The Labute approximate surface area is 95.1 Å². The molecule has 5 heteroatoms. The fraction of sp³-hybridized carbons (Fsp3) is 0.727. The van der Waals surface area contributed by atoms with Gasteiger partial charge in [-0.1, -0.05) is 33.1 Å². The topological polar surface area (TPSA) is 72.7 Å². The second kappa shape index (κ2) is 6.25. The standard InChI is InChI=1S/C11H19N3O2/c1-3-5-6-7-8-9-10(4-2)14(16)13-12-11(9)15/h3-8H2,1-2H3,(H,12,15). The lowest BCUT2D eigenvalue weighted by molar-refractivity contribution is -0.683. The van der Waals surface area contributed by atoms with Crippen molar-refractivity contribution in [3.05, 3.63) is 26.8 Å². The Morgan fingerprint density at radius 3 is 2.69 bits per heavy atom. The fourth-order valence-electron chi connectivity index (χ4n) is 1.80. The Kier molecular flexibility index (Phi) is 4.95.